The Bertz CT molecular complexity index is 953. The molecule has 122 valence electrons. The Kier molecular flexibility index (Phi) is 4.18. The number of ketones is 1. The van der Waals surface area contributed by atoms with Crippen molar-refractivity contribution < 1.29 is 9.72 Å². The van der Waals surface area contributed by atoms with Crippen molar-refractivity contribution in [1.82, 2.24) is 14.9 Å². The van der Waals surface area contributed by atoms with Gasteiger partial charge < -0.3 is 4.90 Å². The summed E-state index contributed by atoms with van der Waals surface area (Å²) >= 11 is 0. The predicted octanol–water partition coefficient (Wildman–Crippen LogP) is 2.83. The molecule has 0 fully saturated rings. The number of fused-ring (bicyclic) bond motifs is 2. The predicted molar refractivity (Wildman–Crippen MR) is 91.2 cm³/mol. The summed E-state index contributed by atoms with van der Waals surface area (Å²) in [4.78, 5) is 33.8. The molecule has 7 nitrogen and oxygen atoms in total. The van der Waals surface area contributed by atoms with Crippen LogP contribution in [0.1, 0.15) is 16.8 Å². The van der Waals surface area contributed by atoms with E-state index in [0.717, 1.165) is 0 Å². The number of aromatic nitrogens is 2. The van der Waals surface area contributed by atoms with Crippen LogP contribution in [-0.4, -0.2) is 46.2 Å². The maximum atomic E-state index is 12.5. The quantitative estimate of drug-likeness (QED) is 0.310. The van der Waals surface area contributed by atoms with E-state index in [9.17, 15) is 14.9 Å². The molecule has 0 saturated heterocycles. The normalized spacial score (nSPS) is 11.3. The first-order valence-electron chi connectivity index (χ1n) is 7.47. The van der Waals surface area contributed by atoms with Gasteiger partial charge in [-0.15, -0.1) is 0 Å². The topological polar surface area (TPSA) is 89.2 Å². The van der Waals surface area contributed by atoms with Crippen molar-refractivity contribution >= 4 is 33.3 Å². The van der Waals surface area contributed by atoms with Crippen LogP contribution in [0, 0.1) is 10.1 Å². The highest BCUT2D eigenvalue weighted by Crippen LogP contribution is 2.30. The van der Waals surface area contributed by atoms with Crippen molar-refractivity contribution in [2.75, 3.05) is 20.6 Å². The first-order valence-corrected chi connectivity index (χ1v) is 7.47. The van der Waals surface area contributed by atoms with Crippen LogP contribution in [0.3, 0.4) is 0 Å². The molecular formula is C17H16N4O3. The third kappa shape index (κ3) is 2.93. The van der Waals surface area contributed by atoms with E-state index in [-0.39, 0.29) is 11.5 Å². The number of Topliss-reactive ketones (excluding diaryl/α,β-unsaturated/α-hetero) is 1. The van der Waals surface area contributed by atoms with Crippen LogP contribution in [-0.2, 0) is 0 Å². The van der Waals surface area contributed by atoms with Gasteiger partial charge in [0.1, 0.15) is 0 Å². The van der Waals surface area contributed by atoms with E-state index in [1.165, 1.54) is 12.1 Å². The minimum atomic E-state index is -0.458. The van der Waals surface area contributed by atoms with Crippen LogP contribution in [0.2, 0.25) is 0 Å². The van der Waals surface area contributed by atoms with E-state index in [1.807, 2.05) is 19.0 Å². The Hall–Kier alpha value is -2.93. The lowest BCUT2D eigenvalue weighted by atomic mass is 10.0. The van der Waals surface area contributed by atoms with Crippen molar-refractivity contribution in [3.05, 3.63) is 52.3 Å². The monoisotopic (exact) mass is 324 g/mol. The van der Waals surface area contributed by atoms with E-state index in [2.05, 4.69) is 9.97 Å². The molecule has 0 saturated carbocycles. The van der Waals surface area contributed by atoms with Gasteiger partial charge in [-0.25, -0.2) is 4.98 Å². The minimum Gasteiger partial charge on any atom is -0.309 e. The largest absolute Gasteiger partial charge is 0.309 e. The van der Waals surface area contributed by atoms with Gasteiger partial charge in [0.25, 0.3) is 5.69 Å². The van der Waals surface area contributed by atoms with Crippen molar-refractivity contribution in [2.45, 2.75) is 6.42 Å². The Balaban J connectivity index is 2.23. The van der Waals surface area contributed by atoms with Gasteiger partial charge in [-0.05, 0) is 32.3 Å². The van der Waals surface area contributed by atoms with Crippen LogP contribution < -0.4 is 0 Å². The molecular weight excluding hydrogens is 308 g/mol. The fraction of sp³-hybridized carbons (Fsp3) is 0.235. The van der Waals surface area contributed by atoms with E-state index in [0.29, 0.717) is 40.3 Å². The van der Waals surface area contributed by atoms with Gasteiger partial charge in [-0.1, -0.05) is 0 Å². The second-order valence-corrected chi connectivity index (χ2v) is 5.82. The van der Waals surface area contributed by atoms with Crippen LogP contribution in [0.5, 0.6) is 0 Å². The summed E-state index contributed by atoms with van der Waals surface area (Å²) in [7, 11) is 3.78. The lowest BCUT2D eigenvalue weighted by molar-refractivity contribution is -0.383. The number of carbonyl (C=O) groups excluding carboxylic acids is 1. The third-order valence-electron chi connectivity index (χ3n) is 3.84. The highest BCUT2D eigenvalue weighted by atomic mass is 16.6. The summed E-state index contributed by atoms with van der Waals surface area (Å²) in [5.41, 5.74) is 1.37. The Morgan fingerprint density at radius 1 is 1.29 bits per heavy atom. The van der Waals surface area contributed by atoms with E-state index >= 15 is 0 Å². The molecule has 1 aromatic carbocycles. The number of nitro benzene ring substituents is 1. The molecule has 0 N–H and O–H groups in total. The number of nitrogens with zero attached hydrogens (tertiary/aromatic N) is 4. The maximum absolute atomic E-state index is 12.5. The van der Waals surface area contributed by atoms with Crippen molar-refractivity contribution in [1.29, 1.82) is 0 Å². The van der Waals surface area contributed by atoms with Gasteiger partial charge in [-0.3, -0.25) is 19.9 Å². The Morgan fingerprint density at radius 3 is 2.79 bits per heavy atom. The third-order valence-corrected chi connectivity index (χ3v) is 3.84. The lowest BCUT2D eigenvalue weighted by Crippen LogP contribution is -2.17. The number of carbonyl (C=O) groups is 1. The van der Waals surface area contributed by atoms with Gasteiger partial charge in [0.2, 0.25) is 0 Å². The molecule has 3 rings (SSSR count). The summed E-state index contributed by atoms with van der Waals surface area (Å²) < 4.78 is 0. The van der Waals surface area contributed by atoms with Gasteiger partial charge in [0.15, 0.2) is 5.78 Å². The SMILES string of the molecule is CN(C)CCC(=O)c1ccc([N+](=O)[O-])c2cc3cnccc3nc12. The molecule has 0 radical (unpaired) electrons. The zero-order chi connectivity index (χ0) is 17.3. The summed E-state index contributed by atoms with van der Waals surface area (Å²) in [6.07, 6.45) is 3.54. The molecule has 0 atom stereocenters. The summed E-state index contributed by atoms with van der Waals surface area (Å²) in [5.74, 6) is -0.0792. The Morgan fingerprint density at radius 2 is 2.08 bits per heavy atom. The molecule has 0 unspecified atom stereocenters. The average molecular weight is 324 g/mol. The molecule has 0 amide bonds. The Labute approximate surface area is 138 Å². The molecule has 2 heterocycles. The standard InChI is InChI=1S/C17H16N4O3/c1-20(2)8-6-16(22)12-3-4-15(21(23)24)13-9-11-10-18-7-5-14(11)19-17(12)13/h3-5,7,9-10H,6,8H2,1-2H3. The first-order chi connectivity index (χ1) is 11.5. The molecule has 0 bridgehead atoms. The molecule has 24 heavy (non-hydrogen) atoms. The number of hydrogen-bond donors (Lipinski definition) is 0. The minimum absolute atomic E-state index is 0.0626. The number of hydrogen-bond acceptors (Lipinski definition) is 6. The highest BCUT2D eigenvalue weighted by molar-refractivity contribution is 6.11. The van der Waals surface area contributed by atoms with E-state index in [1.54, 1.807) is 24.5 Å². The van der Waals surface area contributed by atoms with Gasteiger partial charge in [0, 0.05) is 42.4 Å². The maximum Gasteiger partial charge on any atom is 0.278 e. The average Bonchev–Trinajstić information content (AvgIpc) is 2.56. The van der Waals surface area contributed by atoms with Crippen molar-refractivity contribution in [3.8, 4) is 0 Å². The molecule has 7 heteroatoms. The molecule has 2 aromatic heterocycles. The number of nitro groups is 1. The van der Waals surface area contributed by atoms with Gasteiger partial charge in [0.05, 0.1) is 21.3 Å². The van der Waals surface area contributed by atoms with Crippen LogP contribution in [0.15, 0.2) is 36.7 Å². The molecule has 0 aliphatic rings. The number of pyridine rings is 2. The van der Waals surface area contributed by atoms with E-state index in [4.69, 9.17) is 0 Å². The molecule has 0 aliphatic heterocycles. The first kappa shape index (κ1) is 15.9. The van der Waals surface area contributed by atoms with Gasteiger partial charge in [-0.2, -0.15) is 0 Å². The number of rotatable bonds is 5. The van der Waals surface area contributed by atoms with Crippen LogP contribution in [0.4, 0.5) is 5.69 Å². The smallest absolute Gasteiger partial charge is 0.278 e. The molecule has 3 aromatic rings. The fourth-order valence-electron chi connectivity index (χ4n) is 2.59. The second-order valence-electron chi connectivity index (χ2n) is 5.82. The van der Waals surface area contributed by atoms with Gasteiger partial charge >= 0.3 is 0 Å². The summed E-state index contributed by atoms with van der Waals surface area (Å²) in [6, 6.07) is 6.26. The second kappa shape index (κ2) is 6.29. The zero-order valence-electron chi connectivity index (χ0n) is 13.4. The number of non-ortho nitro benzene ring substituents is 1. The molecule has 0 aliphatic carbocycles. The molecule has 0 spiro atoms. The van der Waals surface area contributed by atoms with Crippen molar-refractivity contribution in [3.63, 3.8) is 0 Å². The fourth-order valence-corrected chi connectivity index (χ4v) is 2.59. The van der Waals surface area contributed by atoms with Crippen molar-refractivity contribution in [2.24, 2.45) is 0 Å². The van der Waals surface area contributed by atoms with Crippen LogP contribution in [0.25, 0.3) is 21.8 Å². The van der Waals surface area contributed by atoms with Crippen LogP contribution >= 0.6 is 0 Å². The highest BCUT2D eigenvalue weighted by Gasteiger charge is 2.20. The lowest BCUT2D eigenvalue weighted by Gasteiger charge is -2.10. The summed E-state index contributed by atoms with van der Waals surface area (Å²) in [6.45, 7) is 0.606. The van der Waals surface area contributed by atoms with E-state index < -0.39 is 4.92 Å². The zero-order valence-corrected chi connectivity index (χ0v) is 13.4. The number of benzene rings is 1. The summed E-state index contributed by atoms with van der Waals surface area (Å²) in [5, 5.41) is 12.4.